The Kier molecular flexibility index (Phi) is 6.58. The second-order valence-corrected chi connectivity index (χ2v) is 8.88. The molecule has 4 rings (SSSR count). The predicted molar refractivity (Wildman–Crippen MR) is 131 cm³/mol. The van der Waals surface area contributed by atoms with Crippen LogP contribution in [0.5, 0.6) is 5.75 Å². The van der Waals surface area contributed by atoms with Gasteiger partial charge in [-0.15, -0.1) is 11.3 Å². The Morgan fingerprint density at radius 3 is 2.30 bits per heavy atom. The molecule has 0 bridgehead atoms. The maximum Gasteiger partial charge on any atom is 0.511 e. The van der Waals surface area contributed by atoms with Crippen molar-refractivity contribution in [1.29, 1.82) is 0 Å². The minimum atomic E-state index is -1.49. The van der Waals surface area contributed by atoms with E-state index in [1.165, 1.54) is 29.5 Å². The van der Waals surface area contributed by atoms with Gasteiger partial charge in [-0.05, 0) is 42.5 Å². The van der Waals surface area contributed by atoms with Crippen LogP contribution in [0.4, 0.5) is 4.79 Å². The van der Waals surface area contributed by atoms with E-state index >= 15 is 0 Å². The number of carbonyl (C=O) groups excluding carboxylic acids is 1. The number of carbonyl (C=O) groups is 2. The van der Waals surface area contributed by atoms with Crippen molar-refractivity contribution in [1.82, 2.24) is 4.98 Å². The van der Waals surface area contributed by atoms with Crippen molar-refractivity contribution in [3.05, 3.63) is 80.6 Å². The summed E-state index contributed by atoms with van der Waals surface area (Å²) in [6, 6.07) is 14.7. The van der Waals surface area contributed by atoms with E-state index < -0.39 is 12.1 Å². The van der Waals surface area contributed by atoms with Gasteiger partial charge in [-0.2, -0.15) is 0 Å². The number of rotatable bonds is 5. The number of benzene rings is 3. The number of amides is 1. The lowest BCUT2D eigenvalue weighted by atomic mass is 10.00. The maximum absolute atomic E-state index is 11.6. The Bertz CT molecular complexity index is 1400. The molecule has 0 atom stereocenters. The van der Waals surface area contributed by atoms with Crippen LogP contribution in [0.25, 0.3) is 33.0 Å². The zero-order valence-corrected chi connectivity index (χ0v) is 19.6. The lowest BCUT2D eigenvalue weighted by Crippen LogP contribution is -2.11. The van der Waals surface area contributed by atoms with Gasteiger partial charge in [0.25, 0.3) is 0 Å². The lowest BCUT2D eigenvalue weighted by molar-refractivity contribution is 0.1000. The van der Waals surface area contributed by atoms with Gasteiger partial charge < -0.3 is 15.6 Å². The molecule has 6 nitrogen and oxygen atoms in total. The van der Waals surface area contributed by atoms with Gasteiger partial charge in [0.2, 0.25) is 5.91 Å². The van der Waals surface area contributed by atoms with Gasteiger partial charge in [-0.3, -0.25) is 4.79 Å². The van der Waals surface area contributed by atoms with Gasteiger partial charge in [0, 0.05) is 38.2 Å². The molecule has 10 heteroatoms. The van der Waals surface area contributed by atoms with E-state index in [1.54, 1.807) is 30.3 Å². The number of halogens is 3. The van der Waals surface area contributed by atoms with Crippen LogP contribution in [-0.4, -0.2) is 22.2 Å². The van der Waals surface area contributed by atoms with Gasteiger partial charge in [0.05, 0.1) is 15.7 Å². The molecule has 3 aromatic carbocycles. The fraction of sp³-hybridized carbons (Fsp3) is 0. The average Bonchev–Trinajstić information content (AvgIpc) is 3.26. The average molecular weight is 520 g/mol. The molecule has 4 aromatic rings. The number of carboxylic acid groups (broad SMARTS) is 1. The van der Waals surface area contributed by atoms with E-state index in [2.05, 4.69) is 4.98 Å². The number of ether oxygens (including phenoxy) is 1. The number of aromatic nitrogens is 1. The summed E-state index contributed by atoms with van der Waals surface area (Å²) < 4.78 is 5.02. The highest BCUT2D eigenvalue weighted by Gasteiger charge is 2.17. The first-order chi connectivity index (χ1) is 15.7. The molecule has 0 aliphatic rings. The van der Waals surface area contributed by atoms with Crippen molar-refractivity contribution in [3.63, 3.8) is 0 Å². The van der Waals surface area contributed by atoms with Gasteiger partial charge in [0.1, 0.15) is 10.8 Å². The van der Waals surface area contributed by atoms with E-state index in [9.17, 15) is 14.7 Å². The molecule has 0 aliphatic heterocycles. The van der Waals surface area contributed by atoms with Crippen LogP contribution in [0.15, 0.2) is 60.0 Å². The van der Waals surface area contributed by atoms with Crippen molar-refractivity contribution >= 4 is 58.2 Å². The molecule has 0 fully saturated rings. The summed E-state index contributed by atoms with van der Waals surface area (Å²) in [5.41, 5.74) is 8.50. The Balaban J connectivity index is 1.77. The Labute approximate surface area is 207 Å². The first-order valence-corrected chi connectivity index (χ1v) is 11.3. The quantitative estimate of drug-likeness (QED) is 0.213. The fourth-order valence-corrected chi connectivity index (χ4v) is 4.48. The topological polar surface area (TPSA) is 103 Å². The number of nitrogens with zero attached hydrogens (tertiary/aromatic N) is 1. The van der Waals surface area contributed by atoms with Crippen LogP contribution in [0, 0.1) is 0 Å². The zero-order chi connectivity index (χ0) is 23.7. The number of primary amides is 1. The SMILES string of the molecule is NC(=O)c1ccc(Cl)c(-c2ccc(-c3nc(-c4ccc(Cl)c(Cl)c4)cs3)cc2OC(=O)O)c1. The van der Waals surface area contributed by atoms with Crippen LogP contribution in [-0.2, 0) is 0 Å². The normalized spacial score (nSPS) is 10.8. The molecular weight excluding hydrogens is 507 g/mol. The summed E-state index contributed by atoms with van der Waals surface area (Å²) >= 11 is 19.8. The molecule has 0 aliphatic carbocycles. The maximum atomic E-state index is 11.6. The number of hydrogen-bond donors (Lipinski definition) is 2. The number of nitrogens with two attached hydrogens (primary N) is 1. The van der Waals surface area contributed by atoms with Crippen LogP contribution in [0.2, 0.25) is 15.1 Å². The van der Waals surface area contributed by atoms with E-state index in [0.717, 1.165) is 5.56 Å². The highest BCUT2D eigenvalue weighted by atomic mass is 35.5. The standard InChI is InChI=1S/C23H13Cl3N2O4S/c24-16-5-3-12(21(27)29)7-15(16)14-4-1-13(9-20(14)32-23(30)31)22-28-19(10-33-22)11-2-6-17(25)18(26)8-11/h1-10H,(H2,27,29)(H,30,31). The molecule has 3 N–H and O–H groups in total. The molecule has 0 unspecified atom stereocenters. The Morgan fingerprint density at radius 2 is 1.61 bits per heavy atom. The summed E-state index contributed by atoms with van der Waals surface area (Å²) in [4.78, 5) is 27.6. The molecule has 1 aromatic heterocycles. The lowest BCUT2D eigenvalue weighted by Gasteiger charge is -2.12. The van der Waals surface area contributed by atoms with Gasteiger partial charge in [0.15, 0.2) is 0 Å². The summed E-state index contributed by atoms with van der Waals surface area (Å²) in [5.74, 6) is -0.599. The molecule has 0 radical (unpaired) electrons. The summed E-state index contributed by atoms with van der Waals surface area (Å²) in [5, 5.41) is 12.9. The molecule has 1 heterocycles. The zero-order valence-electron chi connectivity index (χ0n) is 16.5. The van der Waals surface area contributed by atoms with Crippen molar-refractivity contribution in [2.45, 2.75) is 0 Å². The van der Waals surface area contributed by atoms with Crippen molar-refractivity contribution < 1.29 is 19.4 Å². The number of hydrogen-bond acceptors (Lipinski definition) is 5. The monoisotopic (exact) mass is 518 g/mol. The van der Waals surface area contributed by atoms with Gasteiger partial charge in [-0.1, -0.05) is 46.9 Å². The van der Waals surface area contributed by atoms with Crippen molar-refractivity contribution in [3.8, 4) is 38.7 Å². The molecule has 33 heavy (non-hydrogen) atoms. The third-order valence-corrected chi connectivity index (χ3v) is 6.65. The first-order valence-electron chi connectivity index (χ1n) is 9.29. The van der Waals surface area contributed by atoms with Crippen molar-refractivity contribution in [2.75, 3.05) is 0 Å². The third kappa shape index (κ3) is 4.96. The van der Waals surface area contributed by atoms with E-state index in [1.807, 2.05) is 11.4 Å². The Morgan fingerprint density at radius 1 is 0.879 bits per heavy atom. The van der Waals surface area contributed by atoms with Gasteiger partial charge >= 0.3 is 6.16 Å². The second-order valence-electron chi connectivity index (χ2n) is 6.80. The van der Waals surface area contributed by atoms with E-state index in [-0.39, 0.29) is 11.3 Å². The smallest absolute Gasteiger partial charge is 0.449 e. The minimum Gasteiger partial charge on any atom is -0.449 e. The summed E-state index contributed by atoms with van der Waals surface area (Å²) in [6.45, 7) is 0. The predicted octanol–water partition coefficient (Wildman–Crippen LogP) is 7.26. The Hall–Kier alpha value is -3.10. The first kappa shape index (κ1) is 23.1. The minimum absolute atomic E-state index is 0.0369. The van der Waals surface area contributed by atoms with Crippen LogP contribution in [0.1, 0.15) is 10.4 Å². The van der Waals surface area contributed by atoms with Gasteiger partial charge in [-0.25, -0.2) is 9.78 Å². The van der Waals surface area contributed by atoms with E-state index in [0.29, 0.717) is 42.5 Å². The molecule has 0 saturated heterocycles. The van der Waals surface area contributed by atoms with Crippen LogP contribution in [0.3, 0.4) is 0 Å². The van der Waals surface area contributed by atoms with E-state index in [4.69, 9.17) is 45.3 Å². The molecule has 0 saturated carbocycles. The molecule has 1 amide bonds. The molecular formula is C23H13Cl3N2O4S. The highest BCUT2D eigenvalue weighted by Crippen LogP contribution is 2.40. The van der Waals surface area contributed by atoms with Crippen molar-refractivity contribution in [2.24, 2.45) is 5.73 Å². The van der Waals surface area contributed by atoms with Crippen LogP contribution < -0.4 is 10.5 Å². The van der Waals surface area contributed by atoms with Crippen LogP contribution >= 0.6 is 46.1 Å². The third-order valence-electron chi connectivity index (χ3n) is 4.69. The fourth-order valence-electron chi connectivity index (χ4n) is 3.14. The molecule has 166 valence electrons. The second kappa shape index (κ2) is 9.41. The summed E-state index contributed by atoms with van der Waals surface area (Å²) in [7, 11) is 0. The highest BCUT2D eigenvalue weighted by molar-refractivity contribution is 7.13. The number of thiazole rings is 1. The summed E-state index contributed by atoms with van der Waals surface area (Å²) in [6.07, 6.45) is -1.49. The molecule has 0 spiro atoms. The largest absolute Gasteiger partial charge is 0.511 e.